The first-order chi connectivity index (χ1) is 9.90. The smallest absolute Gasteiger partial charge is 0.322 e. The van der Waals surface area contributed by atoms with Crippen molar-refractivity contribution in [3.63, 3.8) is 0 Å². The molecule has 6 heteroatoms. The van der Waals surface area contributed by atoms with Gasteiger partial charge >= 0.3 is 6.18 Å². The zero-order valence-electron chi connectivity index (χ0n) is 12.1. The minimum absolute atomic E-state index is 0.110. The normalized spacial score (nSPS) is 22.9. The summed E-state index contributed by atoms with van der Waals surface area (Å²) in [4.78, 5) is 13.7. The number of hydrogen-bond donors (Lipinski definition) is 1. The molecule has 1 aromatic carbocycles. The van der Waals surface area contributed by atoms with Crippen molar-refractivity contribution in [2.45, 2.75) is 45.1 Å². The number of benzene rings is 1. The topological polar surface area (TPSA) is 32.3 Å². The first kappa shape index (κ1) is 15.8. The second kappa shape index (κ2) is 6.05. The number of amides is 1. The number of nitrogens with one attached hydrogen (secondary N) is 1. The fraction of sp³-hybridized carbons (Fsp3) is 0.533. The van der Waals surface area contributed by atoms with Crippen LogP contribution in [0.1, 0.15) is 44.0 Å². The molecule has 1 amide bonds. The van der Waals surface area contributed by atoms with Crippen LogP contribution in [0.5, 0.6) is 0 Å². The molecule has 0 spiro atoms. The van der Waals surface area contributed by atoms with Crippen LogP contribution < -0.4 is 5.32 Å². The Morgan fingerprint density at radius 3 is 2.48 bits per heavy atom. The van der Waals surface area contributed by atoms with Crippen LogP contribution in [-0.4, -0.2) is 23.4 Å². The van der Waals surface area contributed by atoms with Gasteiger partial charge in [-0.3, -0.25) is 10.1 Å². The third kappa shape index (κ3) is 3.05. The Morgan fingerprint density at radius 1 is 1.24 bits per heavy atom. The Hall–Kier alpha value is -1.56. The lowest BCUT2D eigenvalue weighted by Gasteiger charge is -2.25. The molecule has 0 bridgehead atoms. The molecule has 2 unspecified atom stereocenters. The third-order valence-corrected chi connectivity index (χ3v) is 3.73. The number of carbonyl (C=O) groups excluding carboxylic acids is 1. The molecule has 0 aromatic heterocycles. The fourth-order valence-electron chi connectivity index (χ4n) is 2.76. The molecule has 1 aliphatic heterocycles. The molecule has 1 heterocycles. The fourth-order valence-corrected chi connectivity index (χ4v) is 2.76. The first-order valence-electron chi connectivity index (χ1n) is 7.12. The zero-order chi connectivity index (χ0) is 15.6. The highest BCUT2D eigenvalue weighted by Gasteiger charge is 2.42. The van der Waals surface area contributed by atoms with Crippen molar-refractivity contribution in [2.75, 3.05) is 6.54 Å². The lowest BCUT2D eigenvalue weighted by atomic mass is 10.0. The average molecular weight is 300 g/mol. The van der Waals surface area contributed by atoms with Gasteiger partial charge in [0.1, 0.15) is 6.17 Å². The summed E-state index contributed by atoms with van der Waals surface area (Å²) >= 11 is 0. The Balaban J connectivity index is 2.39. The molecule has 0 aliphatic carbocycles. The van der Waals surface area contributed by atoms with Crippen molar-refractivity contribution in [3.8, 4) is 0 Å². The highest BCUT2D eigenvalue weighted by atomic mass is 19.4. The van der Waals surface area contributed by atoms with E-state index >= 15 is 0 Å². The van der Waals surface area contributed by atoms with E-state index in [1.165, 1.54) is 17.0 Å². The molecule has 3 nitrogen and oxygen atoms in total. The van der Waals surface area contributed by atoms with Crippen molar-refractivity contribution in [3.05, 3.63) is 35.4 Å². The van der Waals surface area contributed by atoms with Crippen LogP contribution in [0.3, 0.4) is 0 Å². The molecular formula is C15H19F3N2O. The van der Waals surface area contributed by atoms with E-state index in [2.05, 4.69) is 5.32 Å². The van der Waals surface area contributed by atoms with Crippen LogP contribution in [0, 0.1) is 0 Å². The number of carbonyl (C=O) groups is 1. The SMILES string of the molecule is CCCC1NC(c2ccccc2C(F)(F)F)N(CC)C1=O. The molecular weight excluding hydrogens is 281 g/mol. The van der Waals surface area contributed by atoms with E-state index in [1.807, 2.05) is 6.92 Å². The molecule has 1 N–H and O–H groups in total. The quantitative estimate of drug-likeness (QED) is 0.925. The molecule has 1 aromatic rings. The molecule has 0 saturated carbocycles. The maximum absolute atomic E-state index is 13.1. The average Bonchev–Trinajstić information content (AvgIpc) is 2.75. The summed E-state index contributed by atoms with van der Waals surface area (Å²) in [5, 5.41) is 3.05. The number of rotatable bonds is 4. The monoisotopic (exact) mass is 300 g/mol. The van der Waals surface area contributed by atoms with Gasteiger partial charge in [0, 0.05) is 12.1 Å². The number of halogens is 3. The van der Waals surface area contributed by atoms with Crippen molar-refractivity contribution in [1.82, 2.24) is 10.2 Å². The van der Waals surface area contributed by atoms with Crippen molar-refractivity contribution in [2.24, 2.45) is 0 Å². The summed E-state index contributed by atoms with van der Waals surface area (Å²) in [6.07, 6.45) is -3.71. The Bertz CT molecular complexity index is 516. The van der Waals surface area contributed by atoms with Gasteiger partial charge in [0.15, 0.2) is 0 Å². The second-order valence-corrected chi connectivity index (χ2v) is 5.12. The number of alkyl halides is 3. The zero-order valence-corrected chi connectivity index (χ0v) is 12.1. The van der Waals surface area contributed by atoms with Gasteiger partial charge in [0.2, 0.25) is 5.91 Å². The van der Waals surface area contributed by atoms with Crippen molar-refractivity contribution < 1.29 is 18.0 Å². The van der Waals surface area contributed by atoms with E-state index in [0.717, 1.165) is 12.5 Å². The minimum Gasteiger partial charge on any atom is -0.322 e. The van der Waals surface area contributed by atoms with Crippen LogP contribution >= 0.6 is 0 Å². The predicted molar refractivity (Wildman–Crippen MR) is 73.4 cm³/mol. The number of hydrogen-bond acceptors (Lipinski definition) is 2. The maximum atomic E-state index is 13.1. The maximum Gasteiger partial charge on any atom is 0.416 e. The third-order valence-electron chi connectivity index (χ3n) is 3.73. The van der Waals surface area contributed by atoms with E-state index < -0.39 is 23.9 Å². The van der Waals surface area contributed by atoms with Gasteiger partial charge in [-0.2, -0.15) is 13.2 Å². The first-order valence-corrected chi connectivity index (χ1v) is 7.12. The molecule has 2 rings (SSSR count). The molecule has 116 valence electrons. The largest absolute Gasteiger partial charge is 0.416 e. The van der Waals surface area contributed by atoms with Crippen LogP contribution in [0.25, 0.3) is 0 Å². The lowest BCUT2D eigenvalue weighted by Crippen LogP contribution is -2.31. The highest BCUT2D eigenvalue weighted by Crippen LogP contribution is 2.37. The molecule has 1 fully saturated rings. The summed E-state index contributed by atoms with van der Waals surface area (Å²) in [5.41, 5.74) is -0.579. The number of nitrogens with zero attached hydrogens (tertiary/aromatic N) is 1. The summed E-state index contributed by atoms with van der Waals surface area (Å²) in [7, 11) is 0. The van der Waals surface area contributed by atoms with Crippen LogP contribution in [-0.2, 0) is 11.0 Å². The Morgan fingerprint density at radius 2 is 1.90 bits per heavy atom. The van der Waals surface area contributed by atoms with Crippen LogP contribution in [0.2, 0.25) is 0 Å². The summed E-state index contributed by atoms with van der Waals surface area (Å²) in [5.74, 6) is -0.124. The van der Waals surface area contributed by atoms with E-state index in [9.17, 15) is 18.0 Å². The van der Waals surface area contributed by atoms with Crippen molar-refractivity contribution >= 4 is 5.91 Å². The molecule has 0 radical (unpaired) electrons. The highest BCUT2D eigenvalue weighted by molar-refractivity contribution is 5.84. The van der Waals surface area contributed by atoms with Crippen molar-refractivity contribution in [1.29, 1.82) is 0 Å². The Labute approximate surface area is 122 Å². The van der Waals surface area contributed by atoms with E-state index in [4.69, 9.17) is 0 Å². The predicted octanol–water partition coefficient (Wildman–Crippen LogP) is 3.32. The van der Waals surface area contributed by atoms with Gasteiger partial charge in [-0.25, -0.2) is 0 Å². The van der Waals surface area contributed by atoms with E-state index in [0.29, 0.717) is 13.0 Å². The van der Waals surface area contributed by atoms with Gasteiger partial charge in [-0.1, -0.05) is 31.5 Å². The molecule has 2 atom stereocenters. The van der Waals surface area contributed by atoms with E-state index in [1.54, 1.807) is 13.0 Å². The summed E-state index contributed by atoms with van der Waals surface area (Å²) in [6.45, 7) is 4.10. The van der Waals surface area contributed by atoms with Gasteiger partial charge in [-0.05, 0) is 19.4 Å². The molecule has 21 heavy (non-hydrogen) atoms. The summed E-state index contributed by atoms with van der Waals surface area (Å²) in [6, 6.07) is 5.02. The van der Waals surface area contributed by atoms with Gasteiger partial charge in [0.05, 0.1) is 11.6 Å². The van der Waals surface area contributed by atoms with Gasteiger partial charge in [-0.15, -0.1) is 0 Å². The number of likely N-dealkylation sites (N-methyl/N-ethyl adjacent to an activating group) is 1. The standard InChI is InChI=1S/C15H19F3N2O/c1-3-7-12-14(21)20(4-2)13(19-12)10-8-5-6-9-11(10)15(16,17)18/h5-6,8-9,12-13,19H,3-4,7H2,1-2H3. The summed E-state index contributed by atoms with van der Waals surface area (Å²) < 4.78 is 39.4. The Kier molecular flexibility index (Phi) is 4.56. The van der Waals surface area contributed by atoms with Gasteiger partial charge < -0.3 is 4.90 Å². The van der Waals surface area contributed by atoms with Crippen LogP contribution in [0.4, 0.5) is 13.2 Å². The van der Waals surface area contributed by atoms with Gasteiger partial charge in [0.25, 0.3) is 0 Å². The second-order valence-electron chi connectivity index (χ2n) is 5.12. The van der Waals surface area contributed by atoms with Crippen LogP contribution in [0.15, 0.2) is 24.3 Å². The minimum atomic E-state index is -4.43. The van der Waals surface area contributed by atoms with E-state index in [-0.39, 0.29) is 11.5 Å². The lowest BCUT2D eigenvalue weighted by molar-refractivity contribution is -0.139. The molecule has 1 saturated heterocycles. The molecule has 1 aliphatic rings.